The van der Waals surface area contributed by atoms with Crippen LogP contribution in [-0.4, -0.2) is 29.4 Å². The van der Waals surface area contributed by atoms with E-state index in [2.05, 4.69) is 11.9 Å². The molecule has 1 aromatic heterocycles. The number of anilines is 1. The van der Waals surface area contributed by atoms with Gasteiger partial charge in [0.2, 0.25) is 0 Å². The number of carbonyl (C=O) groups is 1. The van der Waals surface area contributed by atoms with Gasteiger partial charge in [0.05, 0.1) is 17.4 Å². The molecule has 2 N–H and O–H groups in total. The summed E-state index contributed by atoms with van der Waals surface area (Å²) >= 11 is 5.86. The lowest BCUT2D eigenvalue weighted by Gasteiger charge is -2.17. The Kier molecular flexibility index (Phi) is 4.55. The van der Waals surface area contributed by atoms with Gasteiger partial charge in [0.15, 0.2) is 0 Å². The second kappa shape index (κ2) is 5.70. The summed E-state index contributed by atoms with van der Waals surface area (Å²) in [5.41, 5.74) is 6.38. The molecule has 0 bridgehead atoms. The lowest BCUT2D eigenvalue weighted by molar-refractivity contribution is 0.0793. The van der Waals surface area contributed by atoms with Gasteiger partial charge in [-0.15, -0.1) is 0 Å². The zero-order chi connectivity index (χ0) is 12.1. The van der Waals surface area contributed by atoms with Crippen molar-refractivity contribution >= 4 is 23.2 Å². The summed E-state index contributed by atoms with van der Waals surface area (Å²) in [5, 5.41) is 0.197. The molecule has 16 heavy (non-hydrogen) atoms. The minimum Gasteiger partial charge on any atom is -0.397 e. The summed E-state index contributed by atoms with van der Waals surface area (Å²) in [5.74, 6) is -0.141. The number of carbonyl (C=O) groups excluding carboxylic acids is 1. The number of unbranched alkanes of at least 4 members (excludes halogenated alkanes) is 1. The third-order valence-electron chi connectivity index (χ3n) is 2.28. The van der Waals surface area contributed by atoms with Gasteiger partial charge in [-0.3, -0.25) is 4.79 Å². The van der Waals surface area contributed by atoms with Gasteiger partial charge in [-0.25, -0.2) is 4.98 Å². The Labute approximate surface area is 100 Å². The van der Waals surface area contributed by atoms with E-state index < -0.39 is 0 Å². The van der Waals surface area contributed by atoms with Gasteiger partial charge in [-0.05, 0) is 12.5 Å². The highest BCUT2D eigenvalue weighted by Crippen LogP contribution is 2.17. The van der Waals surface area contributed by atoms with Crippen LogP contribution in [0.2, 0.25) is 5.15 Å². The molecule has 0 atom stereocenters. The number of nitrogens with zero attached hydrogens (tertiary/aromatic N) is 2. The Morgan fingerprint density at radius 2 is 2.31 bits per heavy atom. The van der Waals surface area contributed by atoms with Crippen molar-refractivity contribution in [2.45, 2.75) is 19.8 Å². The van der Waals surface area contributed by atoms with Crippen LogP contribution in [0.1, 0.15) is 30.1 Å². The van der Waals surface area contributed by atoms with Crippen molar-refractivity contribution in [1.82, 2.24) is 9.88 Å². The molecular formula is C11H16ClN3O. The van der Waals surface area contributed by atoms with E-state index in [0.717, 1.165) is 12.8 Å². The van der Waals surface area contributed by atoms with E-state index in [0.29, 0.717) is 17.8 Å². The second-order valence-corrected chi connectivity index (χ2v) is 4.05. The maximum Gasteiger partial charge on any atom is 0.256 e. The number of nitrogens with two attached hydrogens (primary N) is 1. The number of nitrogen functional groups attached to an aromatic ring is 1. The maximum absolute atomic E-state index is 12.0. The number of amides is 1. The van der Waals surface area contributed by atoms with E-state index in [1.807, 2.05) is 0 Å². The highest BCUT2D eigenvalue weighted by molar-refractivity contribution is 6.32. The van der Waals surface area contributed by atoms with Crippen LogP contribution < -0.4 is 5.73 Å². The molecule has 1 heterocycles. The fourth-order valence-electron chi connectivity index (χ4n) is 1.32. The SMILES string of the molecule is CCCCN(C)C(=O)c1cc(N)cnc1Cl. The number of hydrogen-bond acceptors (Lipinski definition) is 3. The second-order valence-electron chi connectivity index (χ2n) is 3.69. The lowest BCUT2D eigenvalue weighted by atomic mass is 10.2. The molecule has 5 heteroatoms. The molecule has 1 rings (SSSR count). The molecule has 4 nitrogen and oxygen atoms in total. The third kappa shape index (κ3) is 3.10. The van der Waals surface area contributed by atoms with Crippen molar-refractivity contribution in [3.05, 3.63) is 23.0 Å². The minimum absolute atomic E-state index is 0.141. The summed E-state index contributed by atoms with van der Waals surface area (Å²) in [6.45, 7) is 2.79. The maximum atomic E-state index is 12.0. The monoisotopic (exact) mass is 241 g/mol. The van der Waals surface area contributed by atoms with Crippen LogP contribution in [-0.2, 0) is 0 Å². The van der Waals surface area contributed by atoms with Crippen LogP contribution in [0.15, 0.2) is 12.3 Å². The van der Waals surface area contributed by atoms with Gasteiger partial charge < -0.3 is 10.6 Å². The number of pyridine rings is 1. The van der Waals surface area contributed by atoms with Crippen LogP contribution in [0.3, 0.4) is 0 Å². The Hall–Kier alpha value is -1.29. The van der Waals surface area contributed by atoms with E-state index >= 15 is 0 Å². The first-order valence-corrected chi connectivity index (χ1v) is 5.60. The van der Waals surface area contributed by atoms with Gasteiger partial charge in [0.1, 0.15) is 5.15 Å². The van der Waals surface area contributed by atoms with E-state index in [1.165, 1.54) is 6.20 Å². The van der Waals surface area contributed by atoms with E-state index in [4.69, 9.17) is 17.3 Å². The predicted octanol–water partition coefficient (Wildman–Crippen LogP) is 2.19. The van der Waals surface area contributed by atoms with Crippen LogP contribution >= 0.6 is 11.6 Å². The van der Waals surface area contributed by atoms with Gasteiger partial charge in [0.25, 0.3) is 5.91 Å². The summed E-state index contributed by atoms with van der Waals surface area (Å²) < 4.78 is 0. The Balaban J connectivity index is 2.83. The third-order valence-corrected chi connectivity index (χ3v) is 2.59. The molecule has 0 aromatic carbocycles. The van der Waals surface area contributed by atoms with Gasteiger partial charge >= 0.3 is 0 Å². The summed E-state index contributed by atoms with van der Waals surface area (Å²) in [7, 11) is 1.75. The molecule has 0 aliphatic rings. The van der Waals surface area contributed by atoms with Crippen molar-refractivity contribution in [3.8, 4) is 0 Å². The molecule has 88 valence electrons. The number of aromatic nitrogens is 1. The van der Waals surface area contributed by atoms with Crippen molar-refractivity contribution in [2.75, 3.05) is 19.3 Å². The molecule has 1 aromatic rings. The Morgan fingerprint density at radius 1 is 1.62 bits per heavy atom. The molecular weight excluding hydrogens is 226 g/mol. The van der Waals surface area contributed by atoms with Gasteiger partial charge in [0, 0.05) is 13.6 Å². The van der Waals surface area contributed by atoms with E-state index in [1.54, 1.807) is 18.0 Å². The number of halogens is 1. The summed E-state index contributed by atoms with van der Waals surface area (Å²) in [6.07, 6.45) is 3.45. The summed E-state index contributed by atoms with van der Waals surface area (Å²) in [4.78, 5) is 17.5. The molecule has 0 radical (unpaired) electrons. The highest BCUT2D eigenvalue weighted by Gasteiger charge is 2.15. The first-order chi connectivity index (χ1) is 7.56. The van der Waals surface area contributed by atoms with Crippen molar-refractivity contribution < 1.29 is 4.79 Å². The first-order valence-electron chi connectivity index (χ1n) is 5.22. The molecule has 0 fully saturated rings. The Bertz CT molecular complexity index is 381. The molecule has 0 saturated heterocycles. The highest BCUT2D eigenvalue weighted by atomic mass is 35.5. The zero-order valence-electron chi connectivity index (χ0n) is 9.53. The number of rotatable bonds is 4. The first kappa shape index (κ1) is 12.8. The van der Waals surface area contributed by atoms with E-state index in [9.17, 15) is 4.79 Å². The lowest BCUT2D eigenvalue weighted by Crippen LogP contribution is -2.28. The fraction of sp³-hybridized carbons (Fsp3) is 0.455. The average Bonchev–Trinajstić information content (AvgIpc) is 2.28. The molecule has 0 unspecified atom stereocenters. The normalized spacial score (nSPS) is 10.2. The van der Waals surface area contributed by atoms with Crippen molar-refractivity contribution in [1.29, 1.82) is 0 Å². The zero-order valence-corrected chi connectivity index (χ0v) is 10.3. The fourth-order valence-corrected chi connectivity index (χ4v) is 1.50. The number of hydrogen-bond donors (Lipinski definition) is 1. The van der Waals surface area contributed by atoms with Crippen LogP contribution in [0.25, 0.3) is 0 Å². The summed E-state index contributed by atoms with van der Waals surface area (Å²) in [6, 6.07) is 1.56. The molecule has 0 saturated carbocycles. The Morgan fingerprint density at radius 3 is 2.94 bits per heavy atom. The predicted molar refractivity (Wildman–Crippen MR) is 65.5 cm³/mol. The van der Waals surface area contributed by atoms with Crippen molar-refractivity contribution in [2.24, 2.45) is 0 Å². The van der Waals surface area contributed by atoms with E-state index in [-0.39, 0.29) is 11.1 Å². The largest absolute Gasteiger partial charge is 0.397 e. The molecule has 0 aliphatic heterocycles. The van der Waals surface area contributed by atoms with Crippen LogP contribution in [0.5, 0.6) is 0 Å². The van der Waals surface area contributed by atoms with Crippen molar-refractivity contribution in [3.63, 3.8) is 0 Å². The minimum atomic E-state index is -0.141. The quantitative estimate of drug-likeness (QED) is 0.822. The van der Waals surface area contributed by atoms with Gasteiger partial charge in [-0.2, -0.15) is 0 Å². The topological polar surface area (TPSA) is 59.2 Å². The van der Waals surface area contributed by atoms with Crippen LogP contribution in [0.4, 0.5) is 5.69 Å². The van der Waals surface area contributed by atoms with Gasteiger partial charge in [-0.1, -0.05) is 24.9 Å². The molecule has 0 spiro atoms. The van der Waals surface area contributed by atoms with Crippen LogP contribution in [0, 0.1) is 0 Å². The molecule has 1 amide bonds. The molecule has 0 aliphatic carbocycles. The smallest absolute Gasteiger partial charge is 0.256 e. The standard InChI is InChI=1S/C11H16ClN3O/c1-3-4-5-15(2)11(16)9-6-8(13)7-14-10(9)12/h6-7H,3-5,13H2,1-2H3. The average molecular weight is 242 g/mol.